The van der Waals surface area contributed by atoms with Crippen molar-refractivity contribution in [2.24, 2.45) is 0 Å². The predicted octanol–water partition coefficient (Wildman–Crippen LogP) is 7.07. The average Bonchev–Trinajstić information content (AvgIpc) is 3.85. The molecule has 69 heavy (non-hydrogen) atoms. The molecule has 2 heterocycles. The van der Waals surface area contributed by atoms with Crippen molar-refractivity contribution in [1.29, 1.82) is 0 Å². The SMILES string of the molecule is CC1(C)C(=CC=C2CC/C(=C\C=C3/N(CCCCCC(=O)O)c4ccc(S(=O)(=O)[O-])cc4C3(C)C)C2=[N+](c2ccccc2)c2ccccc2)N(CCCCCC(=O)O)c2ccc(S(=O)(=O)[O-])cc21.[K+]. The van der Waals surface area contributed by atoms with Crippen LogP contribution in [0.5, 0.6) is 0 Å². The maximum Gasteiger partial charge on any atom is 1.00 e. The van der Waals surface area contributed by atoms with E-state index in [0.29, 0.717) is 75.6 Å². The molecule has 0 radical (unpaired) electrons. The van der Waals surface area contributed by atoms with Gasteiger partial charge in [0.05, 0.1) is 9.79 Å². The second-order valence-electron chi connectivity index (χ2n) is 18.6. The molecule has 1 saturated carbocycles. The van der Waals surface area contributed by atoms with Gasteiger partial charge < -0.3 is 29.1 Å². The summed E-state index contributed by atoms with van der Waals surface area (Å²) in [5.74, 6) is -1.70. The first kappa shape index (κ1) is 53.9. The molecule has 0 unspecified atom stereocenters. The average molecular weight is 1000 g/mol. The van der Waals surface area contributed by atoms with E-state index in [1.54, 1.807) is 12.1 Å². The summed E-state index contributed by atoms with van der Waals surface area (Å²) in [6, 6.07) is 29.1. The number of fused-ring (bicyclic) bond motifs is 2. The van der Waals surface area contributed by atoms with Gasteiger partial charge in [-0.05, 0) is 98.2 Å². The van der Waals surface area contributed by atoms with Crippen LogP contribution in [0.4, 0.5) is 22.7 Å². The predicted molar refractivity (Wildman–Crippen MR) is 263 cm³/mol. The van der Waals surface area contributed by atoms with Crippen LogP contribution in [0.15, 0.2) is 154 Å². The molecule has 358 valence electrons. The molecule has 16 heteroatoms. The molecule has 0 amide bonds. The monoisotopic (exact) mass is 999 g/mol. The number of hydrogen-bond donors (Lipinski definition) is 2. The molecule has 0 spiro atoms. The van der Waals surface area contributed by atoms with Crippen molar-refractivity contribution >= 4 is 60.6 Å². The third kappa shape index (κ3) is 12.2. The minimum Gasteiger partial charge on any atom is -0.744 e. The van der Waals surface area contributed by atoms with Gasteiger partial charge in [0.15, 0.2) is 0 Å². The van der Waals surface area contributed by atoms with Crippen LogP contribution in [0.25, 0.3) is 0 Å². The largest absolute Gasteiger partial charge is 1.00 e. The first-order chi connectivity index (χ1) is 32.2. The number of allylic oxidation sites excluding steroid dienone is 8. The number of para-hydroxylation sites is 2. The molecule has 2 aliphatic heterocycles. The molecule has 0 bridgehead atoms. The Labute approximate surface area is 448 Å². The van der Waals surface area contributed by atoms with Gasteiger partial charge in [0.25, 0.3) is 0 Å². The zero-order valence-electron chi connectivity index (χ0n) is 39.9. The number of carboxylic acids is 2. The Balaban J connectivity index is 0.00000782. The second-order valence-corrected chi connectivity index (χ2v) is 21.3. The topological polar surface area (TPSA) is 198 Å². The van der Waals surface area contributed by atoms with Gasteiger partial charge in [-0.2, -0.15) is 4.58 Å². The van der Waals surface area contributed by atoms with Gasteiger partial charge in [0, 0.05) is 94.9 Å². The van der Waals surface area contributed by atoms with Crippen molar-refractivity contribution in [3.05, 3.63) is 155 Å². The fourth-order valence-corrected chi connectivity index (χ4v) is 10.8. The standard InChI is InChI=1S/C53H59N3O10S2.K/c1-52(2)43-35-41(67(61,62)63)27-29-45(43)54(33-15-7-13-21-49(57)58)47(52)31-25-37-23-24-38(51(37)56(39-17-9-5-10-18-39)40-19-11-6-12-20-40)26-32-48-53(3,4)44-36-42(68(64,65)66)28-30-46(44)55(48)34-16-8-14-22-50(59)60;/h5-6,9-12,17-20,25-32,35-36H,7-8,13-16,21-24,33-34H2,1-4H3,(H3-,57,58,59,60,61,62,63,64,65,66);/q;+1/p-1. The molecule has 1 aliphatic carbocycles. The molecule has 0 atom stereocenters. The van der Waals surface area contributed by atoms with Gasteiger partial charge in [-0.1, -0.05) is 89.1 Å². The summed E-state index contributed by atoms with van der Waals surface area (Å²) in [6.07, 6.45) is 13.6. The van der Waals surface area contributed by atoms with Crippen molar-refractivity contribution in [2.75, 3.05) is 22.9 Å². The Morgan fingerprint density at radius 1 is 0.580 bits per heavy atom. The number of anilines is 2. The number of carboxylic acid groups (broad SMARTS) is 2. The van der Waals surface area contributed by atoms with Crippen LogP contribution in [0.3, 0.4) is 0 Å². The summed E-state index contributed by atoms with van der Waals surface area (Å²) < 4.78 is 75.7. The summed E-state index contributed by atoms with van der Waals surface area (Å²) in [7, 11) is -9.47. The van der Waals surface area contributed by atoms with Crippen molar-refractivity contribution in [3.8, 4) is 0 Å². The van der Waals surface area contributed by atoms with Crippen LogP contribution in [-0.4, -0.2) is 66.9 Å². The minimum atomic E-state index is -4.73. The van der Waals surface area contributed by atoms with E-state index in [9.17, 15) is 45.7 Å². The van der Waals surface area contributed by atoms with Gasteiger partial charge in [0.2, 0.25) is 17.1 Å². The number of rotatable bonds is 18. The Hall–Kier alpha value is -4.49. The summed E-state index contributed by atoms with van der Waals surface area (Å²) in [5, 5.41) is 18.5. The second kappa shape index (κ2) is 22.3. The van der Waals surface area contributed by atoms with Crippen molar-refractivity contribution in [3.63, 3.8) is 0 Å². The van der Waals surface area contributed by atoms with Crippen molar-refractivity contribution in [2.45, 2.75) is 113 Å². The van der Waals surface area contributed by atoms with E-state index >= 15 is 0 Å². The third-order valence-corrected chi connectivity index (χ3v) is 14.9. The fraction of sp³-hybridized carbons (Fsp3) is 0.340. The first-order valence-electron chi connectivity index (χ1n) is 23.0. The van der Waals surface area contributed by atoms with Crippen molar-refractivity contribution in [1.82, 2.24) is 4.58 Å². The number of nitrogens with zero attached hydrogens (tertiary/aromatic N) is 3. The third-order valence-electron chi connectivity index (χ3n) is 13.3. The minimum absolute atomic E-state index is 0. The summed E-state index contributed by atoms with van der Waals surface area (Å²) >= 11 is 0. The van der Waals surface area contributed by atoms with Crippen LogP contribution in [0, 0.1) is 0 Å². The van der Waals surface area contributed by atoms with E-state index in [4.69, 9.17) is 0 Å². The molecule has 7 rings (SSSR count). The van der Waals surface area contributed by atoms with Crippen LogP contribution < -0.4 is 65.8 Å². The van der Waals surface area contributed by atoms with Gasteiger partial charge in [-0.25, -0.2) is 16.8 Å². The number of aliphatic carboxylic acids is 2. The van der Waals surface area contributed by atoms with E-state index in [1.807, 2.05) is 64.1 Å². The molecule has 0 saturated heterocycles. The quantitative estimate of drug-likeness (QED) is 0.0446. The van der Waals surface area contributed by atoms with Crippen molar-refractivity contribution < 1.29 is 97.1 Å². The molecular formula is C53H58KN3O10S2. The molecular weight excluding hydrogens is 942 g/mol. The zero-order valence-corrected chi connectivity index (χ0v) is 44.6. The molecule has 2 N–H and O–H groups in total. The number of benzene rings is 4. The number of hydrogen-bond acceptors (Lipinski definition) is 10. The summed E-state index contributed by atoms with van der Waals surface area (Å²) in [5.41, 5.74) is 8.20. The molecule has 4 aromatic rings. The van der Waals surface area contributed by atoms with Gasteiger partial charge in [-0.3, -0.25) is 9.59 Å². The Kier molecular flexibility index (Phi) is 17.4. The molecule has 0 aromatic heterocycles. The summed E-state index contributed by atoms with van der Waals surface area (Å²) in [6.45, 7) is 9.11. The van der Waals surface area contributed by atoms with Crippen LogP contribution in [0.2, 0.25) is 0 Å². The Bertz CT molecular complexity index is 2780. The van der Waals surface area contributed by atoms with Crippen LogP contribution in [-0.2, 0) is 40.7 Å². The molecule has 13 nitrogen and oxygen atoms in total. The Morgan fingerprint density at radius 2 is 0.957 bits per heavy atom. The van der Waals surface area contributed by atoms with E-state index in [-0.39, 0.29) is 74.0 Å². The number of carbonyl (C=O) groups is 2. The van der Waals surface area contributed by atoms with Gasteiger partial charge in [-0.15, -0.1) is 0 Å². The van der Waals surface area contributed by atoms with Gasteiger partial charge >= 0.3 is 63.3 Å². The van der Waals surface area contributed by atoms with E-state index in [1.165, 1.54) is 24.3 Å². The van der Waals surface area contributed by atoms with E-state index in [2.05, 4.69) is 62.9 Å². The maximum atomic E-state index is 12.2. The normalized spacial score (nSPS) is 18.5. The fourth-order valence-electron chi connectivity index (χ4n) is 9.79. The van der Waals surface area contributed by atoms with E-state index in [0.717, 1.165) is 51.0 Å². The first-order valence-corrected chi connectivity index (χ1v) is 25.8. The number of unbranched alkanes of at least 4 members (excludes halogenated alkanes) is 4. The maximum absolute atomic E-state index is 12.2. The van der Waals surface area contributed by atoms with Crippen LogP contribution >= 0.6 is 0 Å². The Morgan fingerprint density at radius 3 is 1.30 bits per heavy atom. The zero-order chi connectivity index (χ0) is 49.0. The van der Waals surface area contributed by atoms with Crippen LogP contribution in [0.1, 0.15) is 103 Å². The smallest absolute Gasteiger partial charge is 0.744 e. The van der Waals surface area contributed by atoms with Gasteiger partial charge in [0.1, 0.15) is 20.2 Å². The molecule has 1 fully saturated rings. The molecule has 3 aliphatic rings. The molecule has 4 aromatic carbocycles. The summed E-state index contributed by atoms with van der Waals surface area (Å²) in [4.78, 5) is 26.2. The van der Waals surface area contributed by atoms with E-state index < -0.39 is 43.0 Å².